The van der Waals surface area contributed by atoms with Crippen LogP contribution in [0.3, 0.4) is 0 Å². The SMILES string of the molecule is OC(CC(C/C=C/C1CC2(CCCC2)C1)C(F)(F)C(F)=C(F)F)(C(F)(F)F)C(F)(F)F. The van der Waals surface area contributed by atoms with Gasteiger partial charge in [0.2, 0.25) is 5.83 Å². The zero-order chi connectivity index (χ0) is 23.9. The van der Waals surface area contributed by atoms with E-state index >= 15 is 0 Å². The lowest BCUT2D eigenvalue weighted by Gasteiger charge is -2.44. The van der Waals surface area contributed by atoms with E-state index in [1.807, 2.05) is 0 Å². The molecule has 0 aromatic rings. The lowest BCUT2D eigenvalue weighted by molar-refractivity contribution is -0.375. The Hall–Kier alpha value is -1.33. The van der Waals surface area contributed by atoms with Crippen LogP contribution < -0.4 is 0 Å². The van der Waals surface area contributed by atoms with Crippen molar-refractivity contribution < 1.29 is 53.4 Å². The zero-order valence-electron chi connectivity index (χ0n) is 16.1. The molecule has 2 aliphatic carbocycles. The molecule has 0 aromatic heterocycles. The molecule has 0 saturated heterocycles. The van der Waals surface area contributed by atoms with Gasteiger partial charge in [0, 0.05) is 12.3 Å². The summed E-state index contributed by atoms with van der Waals surface area (Å²) >= 11 is 0. The van der Waals surface area contributed by atoms with Crippen LogP contribution in [0, 0.1) is 17.3 Å². The monoisotopic (exact) mass is 474 g/mol. The molecule has 1 unspecified atom stereocenters. The number of rotatable bonds is 7. The van der Waals surface area contributed by atoms with Crippen LogP contribution in [-0.4, -0.2) is 29.0 Å². The first-order chi connectivity index (χ1) is 14.0. The van der Waals surface area contributed by atoms with Crippen molar-refractivity contribution in [2.24, 2.45) is 17.3 Å². The van der Waals surface area contributed by atoms with Crippen molar-refractivity contribution in [2.45, 2.75) is 75.2 Å². The molecular weight excluding hydrogens is 453 g/mol. The smallest absolute Gasteiger partial charge is 0.374 e. The fourth-order valence-electron chi connectivity index (χ4n) is 4.57. The lowest BCUT2D eigenvalue weighted by atomic mass is 9.61. The lowest BCUT2D eigenvalue weighted by Crippen LogP contribution is -2.59. The number of aliphatic hydroxyl groups is 1. The van der Waals surface area contributed by atoms with Gasteiger partial charge in [-0.2, -0.15) is 48.3 Å². The minimum atomic E-state index is -6.44. The summed E-state index contributed by atoms with van der Waals surface area (Å²) in [7, 11) is 0. The summed E-state index contributed by atoms with van der Waals surface area (Å²) < 4.78 is 144. The Balaban J connectivity index is 2.25. The normalized spacial score (nSPS) is 21.5. The quantitative estimate of drug-likeness (QED) is 0.300. The second-order valence-corrected chi connectivity index (χ2v) is 8.49. The molecule has 1 nitrogen and oxygen atoms in total. The molecule has 180 valence electrons. The van der Waals surface area contributed by atoms with Crippen LogP contribution >= 0.6 is 0 Å². The average Bonchev–Trinajstić information content (AvgIpc) is 3.07. The van der Waals surface area contributed by atoms with Gasteiger partial charge in [-0.1, -0.05) is 25.0 Å². The van der Waals surface area contributed by atoms with Gasteiger partial charge in [-0.15, -0.1) is 0 Å². The van der Waals surface area contributed by atoms with Gasteiger partial charge in [0.05, 0.1) is 0 Å². The highest BCUT2D eigenvalue weighted by Gasteiger charge is 2.72. The fourth-order valence-corrected chi connectivity index (χ4v) is 4.57. The Bertz CT molecular complexity index is 673. The van der Waals surface area contributed by atoms with E-state index < -0.39 is 54.5 Å². The highest BCUT2D eigenvalue weighted by atomic mass is 19.4. The third-order valence-electron chi connectivity index (χ3n) is 6.33. The van der Waals surface area contributed by atoms with E-state index in [4.69, 9.17) is 0 Å². The predicted octanol–water partition coefficient (Wildman–Crippen LogP) is 7.48. The molecule has 2 fully saturated rings. The van der Waals surface area contributed by atoms with Crippen molar-refractivity contribution >= 4 is 0 Å². The number of hydrogen-bond donors (Lipinski definition) is 1. The molecular formula is C19H21F11O. The molecule has 0 aliphatic heterocycles. The topological polar surface area (TPSA) is 20.2 Å². The zero-order valence-corrected chi connectivity index (χ0v) is 16.1. The maximum Gasteiger partial charge on any atom is 0.426 e. The molecule has 2 saturated carbocycles. The Kier molecular flexibility index (Phi) is 7.15. The number of alkyl halides is 8. The van der Waals surface area contributed by atoms with E-state index in [1.165, 1.54) is 6.08 Å². The van der Waals surface area contributed by atoms with E-state index in [1.54, 1.807) is 0 Å². The van der Waals surface area contributed by atoms with Gasteiger partial charge in [-0.05, 0) is 43.4 Å². The van der Waals surface area contributed by atoms with Gasteiger partial charge in [0.25, 0.3) is 5.60 Å². The Labute approximate surface area is 171 Å². The predicted molar refractivity (Wildman–Crippen MR) is 87.8 cm³/mol. The van der Waals surface area contributed by atoms with Crippen LogP contribution in [0.2, 0.25) is 0 Å². The second kappa shape index (κ2) is 8.55. The molecule has 1 atom stereocenters. The van der Waals surface area contributed by atoms with Gasteiger partial charge in [-0.25, -0.2) is 0 Å². The second-order valence-electron chi connectivity index (χ2n) is 8.49. The first-order valence-corrected chi connectivity index (χ1v) is 9.57. The standard InChI is InChI=1S/C19H21F11O/c20-13(14(21)22)17(23,24)12(10-16(31,18(25,26)27)19(28,29)30)5-3-4-11-8-15(9-11)6-1-2-7-15/h3-4,11-12,31H,1-2,5-10H2/b4-3+. The number of halogens is 11. The Morgan fingerprint density at radius 3 is 1.81 bits per heavy atom. The van der Waals surface area contributed by atoms with Crippen LogP contribution in [0.1, 0.15) is 51.4 Å². The van der Waals surface area contributed by atoms with Gasteiger partial charge in [-0.3, -0.25) is 0 Å². The maximum absolute atomic E-state index is 14.1. The van der Waals surface area contributed by atoms with E-state index in [0.717, 1.165) is 31.8 Å². The molecule has 2 rings (SSSR count). The Morgan fingerprint density at radius 1 is 0.903 bits per heavy atom. The van der Waals surface area contributed by atoms with Gasteiger partial charge >= 0.3 is 24.4 Å². The summed E-state index contributed by atoms with van der Waals surface area (Å²) in [6, 6.07) is 0. The van der Waals surface area contributed by atoms with Crippen molar-refractivity contribution in [3.63, 3.8) is 0 Å². The molecule has 12 heteroatoms. The van der Waals surface area contributed by atoms with Crippen LogP contribution in [0.15, 0.2) is 24.1 Å². The Morgan fingerprint density at radius 2 is 1.39 bits per heavy atom. The van der Waals surface area contributed by atoms with Gasteiger partial charge < -0.3 is 5.11 Å². The van der Waals surface area contributed by atoms with Crippen molar-refractivity contribution in [1.82, 2.24) is 0 Å². The third kappa shape index (κ3) is 5.19. The van der Waals surface area contributed by atoms with Crippen molar-refractivity contribution in [1.29, 1.82) is 0 Å². The van der Waals surface area contributed by atoms with E-state index in [9.17, 15) is 53.4 Å². The third-order valence-corrected chi connectivity index (χ3v) is 6.33. The van der Waals surface area contributed by atoms with Crippen LogP contribution in [-0.2, 0) is 0 Å². The average molecular weight is 474 g/mol. The minimum absolute atomic E-state index is 0.109. The van der Waals surface area contributed by atoms with Crippen molar-refractivity contribution in [2.75, 3.05) is 0 Å². The summed E-state index contributed by atoms with van der Waals surface area (Å²) in [5.41, 5.74) is -5.52. The summed E-state index contributed by atoms with van der Waals surface area (Å²) in [6.45, 7) is 0. The maximum atomic E-state index is 14.1. The van der Waals surface area contributed by atoms with Gasteiger partial charge in [0.1, 0.15) is 0 Å². The molecule has 0 heterocycles. The molecule has 31 heavy (non-hydrogen) atoms. The molecule has 0 bridgehead atoms. The minimum Gasteiger partial charge on any atom is -0.374 e. The summed E-state index contributed by atoms with van der Waals surface area (Å²) in [5, 5.41) is 9.21. The van der Waals surface area contributed by atoms with E-state index in [-0.39, 0.29) is 11.3 Å². The highest BCUT2D eigenvalue weighted by molar-refractivity contribution is 5.12. The van der Waals surface area contributed by atoms with Crippen LogP contribution in [0.4, 0.5) is 48.3 Å². The number of allylic oxidation sites excluding steroid dienone is 3. The number of hydrogen-bond acceptors (Lipinski definition) is 1. The van der Waals surface area contributed by atoms with E-state index in [2.05, 4.69) is 0 Å². The van der Waals surface area contributed by atoms with Crippen molar-refractivity contribution in [3.05, 3.63) is 24.1 Å². The summed E-state index contributed by atoms with van der Waals surface area (Å²) in [4.78, 5) is 0. The van der Waals surface area contributed by atoms with Crippen molar-refractivity contribution in [3.8, 4) is 0 Å². The molecule has 2 aliphatic rings. The molecule has 0 amide bonds. The first-order valence-electron chi connectivity index (χ1n) is 9.57. The van der Waals surface area contributed by atoms with Crippen LogP contribution in [0.5, 0.6) is 0 Å². The van der Waals surface area contributed by atoms with Crippen LogP contribution in [0.25, 0.3) is 0 Å². The summed E-state index contributed by atoms with van der Waals surface area (Å²) in [5.74, 6) is -12.2. The molecule has 0 radical (unpaired) electrons. The molecule has 0 aromatic carbocycles. The van der Waals surface area contributed by atoms with E-state index in [0.29, 0.717) is 12.8 Å². The largest absolute Gasteiger partial charge is 0.426 e. The fraction of sp³-hybridized carbons (Fsp3) is 0.789. The summed E-state index contributed by atoms with van der Waals surface area (Å²) in [6.07, 6.45) is -13.0. The first kappa shape index (κ1) is 25.9. The molecule has 1 spiro atoms. The van der Waals surface area contributed by atoms with Gasteiger partial charge in [0.15, 0.2) is 0 Å². The molecule has 1 N–H and O–H groups in total. The highest BCUT2D eigenvalue weighted by Crippen LogP contribution is 2.57.